The predicted octanol–water partition coefficient (Wildman–Crippen LogP) is 5.02. The highest BCUT2D eigenvalue weighted by Crippen LogP contribution is 2.31. The van der Waals surface area contributed by atoms with Gasteiger partial charge in [0.15, 0.2) is 11.6 Å². The monoisotopic (exact) mass is 368 g/mol. The molecule has 0 spiro atoms. The Balaban J connectivity index is 1.68. The van der Waals surface area contributed by atoms with Crippen LogP contribution in [0.4, 0.5) is 4.39 Å². The van der Waals surface area contributed by atoms with Crippen molar-refractivity contribution in [3.8, 4) is 22.6 Å². The van der Waals surface area contributed by atoms with Crippen LogP contribution in [-0.4, -0.2) is 20.4 Å². The molecule has 4 nitrogen and oxygen atoms in total. The molecule has 4 rings (SSSR count). The van der Waals surface area contributed by atoms with Crippen LogP contribution in [0.1, 0.15) is 11.3 Å². The van der Waals surface area contributed by atoms with Gasteiger partial charge < -0.3 is 10.2 Å². The zero-order chi connectivity index (χ0) is 18.3. The van der Waals surface area contributed by atoms with E-state index in [1.165, 1.54) is 12.1 Å². The van der Waals surface area contributed by atoms with E-state index in [-0.39, 0.29) is 11.5 Å². The molecular weight excluding hydrogens is 355 g/mol. The Hall–Kier alpha value is -3.05. The molecule has 1 aromatic heterocycles. The van der Waals surface area contributed by atoms with Gasteiger partial charge in [-0.3, -0.25) is 5.10 Å². The Morgan fingerprint density at radius 2 is 1.69 bits per heavy atom. The minimum absolute atomic E-state index is 0.0443. The molecular formula is C20H14ClFN2O2. The van der Waals surface area contributed by atoms with Gasteiger partial charge in [-0.25, -0.2) is 4.39 Å². The maximum atomic E-state index is 13.2. The molecule has 0 radical (unpaired) electrons. The molecule has 0 aliphatic carbocycles. The largest absolute Gasteiger partial charge is 0.506 e. The first-order valence-electron chi connectivity index (χ1n) is 7.94. The van der Waals surface area contributed by atoms with E-state index in [4.69, 9.17) is 11.6 Å². The van der Waals surface area contributed by atoms with E-state index in [2.05, 4.69) is 10.2 Å². The lowest BCUT2D eigenvalue weighted by molar-refractivity contribution is 0.431. The second kappa shape index (κ2) is 6.35. The second-order valence-corrected chi connectivity index (χ2v) is 6.47. The van der Waals surface area contributed by atoms with E-state index in [1.54, 1.807) is 24.3 Å². The zero-order valence-electron chi connectivity index (χ0n) is 13.5. The predicted molar refractivity (Wildman–Crippen MR) is 99.1 cm³/mol. The number of nitrogens with zero attached hydrogens (tertiary/aromatic N) is 1. The normalized spacial score (nSPS) is 11.2. The number of H-pyrrole nitrogens is 1. The van der Waals surface area contributed by atoms with Crippen molar-refractivity contribution in [3.63, 3.8) is 0 Å². The van der Waals surface area contributed by atoms with Gasteiger partial charge in [0, 0.05) is 11.8 Å². The maximum absolute atomic E-state index is 13.2. The van der Waals surface area contributed by atoms with Gasteiger partial charge in [-0.1, -0.05) is 35.9 Å². The van der Waals surface area contributed by atoms with Gasteiger partial charge in [0.1, 0.15) is 5.75 Å². The van der Waals surface area contributed by atoms with E-state index in [1.807, 2.05) is 18.2 Å². The lowest BCUT2D eigenvalue weighted by atomic mass is 10.0. The summed E-state index contributed by atoms with van der Waals surface area (Å²) < 4.78 is 13.2. The number of aromatic nitrogens is 2. The number of phenols is 2. The third kappa shape index (κ3) is 2.97. The van der Waals surface area contributed by atoms with Crippen molar-refractivity contribution in [1.29, 1.82) is 0 Å². The molecule has 26 heavy (non-hydrogen) atoms. The molecule has 0 unspecified atom stereocenters. The molecule has 0 saturated carbocycles. The Bertz CT molecular complexity index is 1120. The summed E-state index contributed by atoms with van der Waals surface area (Å²) in [4.78, 5) is 0. The Labute approximate surface area is 153 Å². The van der Waals surface area contributed by atoms with Gasteiger partial charge in [-0.2, -0.15) is 5.10 Å². The number of halogens is 2. The summed E-state index contributed by atoms with van der Waals surface area (Å²) >= 11 is 5.98. The molecule has 3 aromatic carbocycles. The first-order valence-corrected chi connectivity index (χ1v) is 8.32. The van der Waals surface area contributed by atoms with Crippen molar-refractivity contribution < 1.29 is 14.6 Å². The number of hydrogen-bond donors (Lipinski definition) is 3. The topological polar surface area (TPSA) is 69.1 Å². The van der Waals surface area contributed by atoms with Crippen LogP contribution in [0.25, 0.3) is 22.0 Å². The molecule has 0 atom stereocenters. The number of hydrogen-bond acceptors (Lipinski definition) is 3. The number of fused-ring (bicyclic) bond motifs is 1. The lowest BCUT2D eigenvalue weighted by Crippen LogP contribution is -1.90. The third-order valence-corrected chi connectivity index (χ3v) is 4.61. The standard InChI is InChI=1S/C20H14ClFN2O2/c21-15-9-12(3-6-19(15)25)13-2-4-14-17(23-24-18(14)10-13)7-11-1-5-16(22)20(26)8-11/h1-6,8-10,25-26H,7H2,(H,23,24). The fourth-order valence-corrected chi connectivity index (χ4v) is 3.12. The number of aromatic hydroxyl groups is 2. The lowest BCUT2D eigenvalue weighted by Gasteiger charge is -2.05. The summed E-state index contributed by atoms with van der Waals surface area (Å²) in [5.41, 5.74) is 4.25. The van der Waals surface area contributed by atoms with Crippen LogP contribution >= 0.6 is 11.6 Å². The average molecular weight is 369 g/mol. The number of benzene rings is 3. The SMILES string of the molecule is Oc1cc(Cc2n[nH]c3cc(-c4ccc(O)c(Cl)c4)ccc23)ccc1F. The molecule has 0 saturated heterocycles. The number of rotatable bonds is 3. The molecule has 0 aliphatic heterocycles. The highest BCUT2D eigenvalue weighted by atomic mass is 35.5. The number of aromatic amines is 1. The Morgan fingerprint density at radius 3 is 2.46 bits per heavy atom. The first-order chi connectivity index (χ1) is 12.5. The van der Waals surface area contributed by atoms with Crippen molar-refractivity contribution >= 4 is 22.5 Å². The highest BCUT2D eigenvalue weighted by Gasteiger charge is 2.10. The van der Waals surface area contributed by atoms with Crippen molar-refractivity contribution in [2.24, 2.45) is 0 Å². The minimum Gasteiger partial charge on any atom is -0.506 e. The van der Waals surface area contributed by atoms with Crippen LogP contribution < -0.4 is 0 Å². The fourth-order valence-electron chi connectivity index (χ4n) is 2.94. The molecule has 130 valence electrons. The molecule has 6 heteroatoms. The van der Waals surface area contributed by atoms with Gasteiger partial charge in [-0.05, 0) is 47.0 Å². The number of phenolic OH excluding ortho intramolecular Hbond substituents is 2. The van der Waals surface area contributed by atoms with Gasteiger partial charge in [0.25, 0.3) is 0 Å². The molecule has 0 fully saturated rings. The molecule has 3 N–H and O–H groups in total. The van der Waals surface area contributed by atoms with Crippen LogP contribution in [0.15, 0.2) is 54.6 Å². The summed E-state index contributed by atoms with van der Waals surface area (Å²) in [5.74, 6) is -0.963. The van der Waals surface area contributed by atoms with Crippen LogP contribution in [-0.2, 0) is 6.42 Å². The van der Waals surface area contributed by atoms with Crippen LogP contribution in [0.5, 0.6) is 11.5 Å². The fraction of sp³-hybridized carbons (Fsp3) is 0.0500. The molecule has 1 heterocycles. The molecule has 0 aliphatic rings. The maximum Gasteiger partial charge on any atom is 0.164 e. The van der Waals surface area contributed by atoms with Gasteiger partial charge in [-0.15, -0.1) is 0 Å². The van der Waals surface area contributed by atoms with E-state index >= 15 is 0 Å². The van der Waals surface area contributed by atoms with Gasteiger partial charge in [0.2, 0.25) is 0 Å². The highest BCUT2D eigenvalue weighted by molar-refractivity contribution is 6.32. The van der Waals surface area contributed by atoms with E-state index in [9.17, 15) is 14.6 Å². The summed E-state index contributed by atoms with van der Waals surface area (Å²) in [5, 5.41) is 27.7. The molecule has 4 aromatic rings. The quantitative estimate of drug-likeness (QED) is 0.475. The van der Waals surface area contributed by atoms with Crippen molar-refractivity contribution in [1.82, 2.24) is 10.2 Å². The zero-order valence-corrected chi connectivity index (χ0v) is 14.3. The second-order valence-electron chi connectivity index (χ2n) is 6.06. The van der Waals surface area contributed by atoms with Crippen LogP contribution in [0.3, 0.4) is 0 Å². The number of nitrogens with one attached hydrogen (secondary N) is 1. The molecule has 0 amide bonds. The Morgan fingerprint density at radius 1 is 0.923 bits per heavy atom. The first kappa shape index (κ1) is 16.4. The summed E-state index contributed by atoms with van der Waals surface area (Å²) in [6, 6.07) is 15.2. The minimum atomic E-state index is -0.641. The summed E-state index contributed by atoms with van der Waals surface area (Å²) in [6.07, 6.45) is 0.470. The third-order valence-electron chi connectivity index (χ3n) is 4.30. The van der Waals surface area contributed by atoms with E-state index in [0.29, 0.717) is 11.4 Å². The van der Waals surface area contributed by atoms with Crippen molar-refractivity contribution in [2.75, 3.05) is 0 Å². The van der Waals surface area contributed by atoms with Gasteiger partial charge >= 0.3 is 0 Å². The van der Waals surface area contributed by atoms with Crippen LogP contribution in [0.2, 0.25) is 5.02 Å². The van der Waals surface area contributed by atoms with Crippen molar-refractivity contribution in [2.45, 2.75) is 6.42 Å². The summed E-state index contributed by atoms with van der Waals surface area (Å²) in [7, 11) is 0. The van der Waals surface area contributed by atoms with Crippen molar-refractivity contribution in [3.05, 3.63) is 76.7 Å². The Kier molecular flexibility index (Phi) is 4.01. The molecule has 0 bridgehead atoms. The van der Waals surface area contributed by atoms with E-state index in [0.717, 1.165) is 33.3 Å². The van der Waals surface area contributed by atoms with Gasteiger partial charge in [0.05, 0.1) is 16.2 Å². The van der Waals surface area contributed by atoms with E-state index < -0.39 is 5.82 Å². The summed E-state index contributed by atoms with van der Waals surface area (Å²) in [6.45, 7) is 0. The average Bonchev–Trinajstić information content (AvgIpc) is 3.03. The smallest absolute Gasteiger partial charge is 0.164 e. The van der Waals surface area contributed by atoms with Crippen LogP contribution in [0, 0.1) is 5.82 Å².